The van der Waals surface area contributed by atoms with E-state index in [9.17, 15) is 22.8 Å². The van der Waals surface area contributed by atoms with Crippen LogP contribution in [0.15, 0.2) is 71.8 Å². The van der Waals surface area contributed by atoms with E-state index in [1.165, 1.54) is 18.3 Å². The maximum Gasteiger partial charge on any atom is 0.573 e. The number of aromatic nitrogens is 1. The molecule has 3 aromatic rings. The Hall–Kier alpha value is -3.77. The van der Waals surface area contributed by atoms with E-state index < -0.39 is 6.36 Å². The summed E-state index contributed by atoms with van der Waals surface area (Å²) in [6, 6.07) is 16.7. The van der Waals surface area contributed by atoms with Crippen molar-refractivity contribution >= 4 is 24.4 Å². The number of hydrogen-bond acceptors (Lipinski definition) is 7. The molecule has 2 aliphatic rings. The maximum absolute atomic E-state index is 13.0. The molecule has 2 amide bonds. The first-order valence-electron chi connectivity index (χ1n) is 14.2. The highest BCUT2D eigenvalue weighted by atomic mass is 32.1. The largest absolute Gasteiger partial charge is 0.573 e. The highest BCUT2D eigenvalue weighted by Gasteiger charge is 2.31. The van der Waals surface area contributed by atoms with E-state index in [-0.39, 0.29) is 29.7 Å². The molecular formula is C31H33F3N4O4S. The second-order valence-corrected chi connectivity index (χ2v) is 11.3. The Balaban J connectivity index is 1.05. The predicted octanol–water partition coefficient (Wildman–Crippen LogP) is 5.35. The van der Waals surface area contributed by atoms with Gasteiger partial charge in [-0.25, -0.2) is 0 Å². The van der Waals surface area contributed by atoms with E-state index in [1.807, 2.05) is 24.3 Å². The Kier molecular flexibility index (Phi) is 9.76. The Bertz CT molecular complexity index is 1390. The Morgan fingerprint density at radius 2 is 1.65 bits per heavy atom. The number of piperidine rings is 2. The number of thiol groups is 1. The number of carbonyl (C=O) groups excluding carboxylic acids is 2. The van der Waals surface area contributed by atoms with Gasteiger partial charge in [0.05, 0.1) is 5.56 Å². The third kappa shape index (κ3) is 8.87. The zero-order chi connectivity index (χ0) is 30.4. The molecule has 0 radical (unpaired) electrons. The molecule has 5 rings (SSSR count). The molecule has 43 heavy (non-hydrogen) atoms. The van der Waals surface area contributed by atoms with Gasteiger partial charge in [-0.3, -0.25) is 19.5 Å². The molecule has 0 aliphatic carbocycles. The second kappa shape index (κ2) is 13.7. The van der Waals surface area contributed by atoms with Crippen molar-refractivity contribution in [3.63, 3.8) is 0 Å². The zero-order valence-corrected chi connectivity index (χ0v) is 24.3. The maximum atomic E-state index is 13.0. The number of hydrogen-bond donors (Lipinski definition) is 2. The molecule has 8 nitrogen and oxygen atoms in total. The first-order valence-corrected chi connectivity index (χ1v) is 14.6. The van der Waals surface area contributed by atoms with Crippen molar-refractivity contribution in [1.82, 2.24) is 20.1 Å². The van der Waals surface area contributed by atoms with Crippen LogP contribution in [-0.2, 0) is 6.54 Å². The van der Waals surface area contributed by atoms with Gasteiger partial charge in [0, 0.05) is 62.7 Å². The van der Waals surface area contributed by atoms with Crippen LogP contribution in [0.25, 0.3) is 0 Å². The molecule has 0 atom stereocenters. The van der Waals surface area contributed by atoms with Crippen LogP contribution in [0.3, 0.4) is 0 Å². The summed E-state index contributed by atoms with van der Waals surface area (Å²) in [7, 11) is 0. The fraction of sp³-hybridized carbons (Fsp3) is 0.387. The summed E-state index contributed by atoms with van der Waals surface area (Å²) >= 11 is 4.29. The summed E-state index contributed by atoms with van der Waals surface area (Å²) in [5.74, 6) is 0.116. The normalized spacial score (nSPS) is 17.0. The Morgan fingerprint density at radius 1 is 0.930 bits per heavy atom. The lowest BCUT2D eigenvalue weighted by molar-refractivity contribution is -0.274. The first kappa shape index (κ1) is 30.7. The van der Waals surface area contributed by atoms with Crippen LogP contribution in [0.5, 0.6) is 11.5 Å². The van der Waals surface area contributed by atoms with Gasteiger partial charge in [0.2, 0.25) is 0 Å². The highest BCUT2D eigenvalue weighted by Crippen LogP contribution is 2.25. The highest BCUT2D eigenvalue weighted by molar-refractivity contribution is 7.80. The van der Waals surface area contributed by atoms with Gasteiger partial charge in [0.25, 0.3) is 11.8 Å². The molecule has 228 valence electrons. The summed E-state index contributed by atoms with van der Waals surface area (Å²) in [6.45, 7) is 2.98. The monoisotopic (exact) mass is 614 g/mol. The predicted molar refractivity (Wildman–Crippen MR) is 156 cm³/mol. The fourth-order valence-corrected chi connectivity index (χ4v) is 5.46. The van der Waals surface area contributed by atoms with Gasteiger partial charge in [-0.2, -0.15) is 0 Å². The number of pyridine rings is 1. The third-order valence-corrected chi connectivity index (χ3v) is 7.87. The average Bonchev–Trinajstić information content (AvgIpc) is 2.99. The van der Waals surface area contributed by atoms with Crippen LogP contribution < -0.4 is 14.8 Å². The molecule has 12 heteroatoms. The van der Waals surface area contributed by atoms with Crippen molar-refractivity contribution in [2.24, 2.45) is 0 Å². The summed E-state index contributed by atoms with van der Waals surface area (Å²) in [4.78, 5) is 34.9. The topological polar surface area (TPSA) is 84.0 Å². The van der Waals surface area contributed by atoms with E-state index in [1.54, 1.807) is 29.2 Å². The molecule has 2 fully saturated rings. The fourth-order valence-electron chi connectivity index (χ4n) is 5.31. The van der Waals surface area contributed by atoms with Gasteiger partial charge in [0.1, 0.15) is 23.3 Å². The number of ether oxygens (including phenoxy) is 2. The van der Waals surface area contributed by atoms with Crippen molar-refractivity contribution in [1.29, 1.82) is 0 Å². The van der Waals surface area contributed by atoms with Crippen molar-refractivity contribution in [3.05, 3.63) is 83.7 Å². The third-order valence-electron chi connectivity index (χ3n) is 7.57. The summed E-state index contributed by atoms with van der Waals surface area (Å²) < 4.78 is 47.6. The number of carbonyl (C=O) groups is 2. The molecule has 2 saturated heterocycles. The van der Waals surface area contributed by atoms with E-state index in [2.05, 4.69) is 32.6 Å². The summed E-state index contributed by atoms with van der Waals surface area (Å²) in [5, 5.41) is 3.03. The quantitative estimate of drug-likeness (QED) is 0.333. The smallest absolute Gasteiger partial charge is 0.490 e. The minimum Gasteiger partial charge on any atom is -0.490 e. The van der Waals surface area contributed by atoms with Crippen LogP contribution in [0, 0.1) is 0 Å². The number of benzene rings is 2. The van der Waals surface area contributed by atoms with Crippen LogP contribution in [0.1, 0.15) is 52.1 Å². The molecule has 2 aliphatic heterocycles. The lowest BCUT2D eigenvalue weighted by Gasteiger charge is -2.32. The number of alkyl halides is 3. The first-order chi connectivity index (χ1) is 20.6. The van der Waals surface area contributed by atoms with E-state index in [4.69, 9.17) is 4.74 Å². The van der Waals surface area contributed by atoms with E-state index in [0.717, 1.165) is 16.2 Å². The molecule has 0 saturated carbocycles. The van der Waals surface area contributed by atoms with Gasteiger partial charge in [-0.05, 0) is 66.9 Å². The number of nitrogens with one attached hydrogen (secondary N) is 1. The zero-order valence-electron chi connectivity index (χ0n) is 23.4. The van der Waals surface area contributed by atoms with Crippen LogP contribution >= 0.6 is 12.6 Å². The van der Waals surface area contributed by atoms with Gasteiger partial charge < -0.3 is 19.7 Å². The van der Waals surface area contributed by atoms with E-state index in [0.29, 0.717) is 69.7 Å². The van der Waals surface area contributed by atoms with Crippen molar-refractivity contribution in [3.8, 4) is 11.5 Å². The summed E-state index contributed by atoms with van der Waals surface area (Å²) in [6.07, 6.45) is -0.435. The lowest BCUT2D eigenvalue weighted by atomic mass is 10.0. The number of amides is 2. The Labute approximate surface area is 253 Å². The minimum atomic E-state index is -4.73. The molecule has 1 N–H and O–H groups in total. The molecule has 2 aromatic carbocycles. The molecular weight excluding hydrogens is 581 g/mol. The molecule has 0 unspecified atom stereocenters. The Morgan fingerprint density at radius 3 is 2.30 bits per heavy atom. The van der Waals surface area contributed by atoms with E-state index >= 15 is 0 Å². The SMILES string of the molecule is O=C(NC1CCN(Cc2cccc(OC(F)(F)F)c2)CC1)c1ccc(C(=O)N2CCC(Oc3ccc(S)cc3)CC2)nc1. The molecule has 0 bridgehead atoms. The number of rotatable bonds is 8. The van der Waals surface area contributed by atoms with Crippen molar-refractivity contribution < 1.29 is 32.2 Å². The number of nitrogens with zero attached hydrogens (tertiary/aromatic N) is 3. The van der Waals surface area contributed by atoms with Gasteiger partial charge in [-0.1, -0.05) is 12.1 Å². The molecule has 3 heterocycles. The van der Waals surface area contributed by atoms with Gasteiger partial charge in [-0.15, -0.1) is 25.8 Å². The number of halogens is 3. The summed E-state index contributed by atoms with van der Waals surface area (Å²) in [5.41, 5.74) is 1.39. The molecule has 0 spiro atoms. The standard InChI is InChI=1S/C31H33F3N4O4S/c32-31(33,34)42-26-3-1-2-21(18-26)20-37-14-10-23(11-15-37)36-29(39)22-4-9-28(35-19-22)30(40)38-16-12-25(13-17-38)41-24-5-7-27(43)8-6-24/h1-9,18-19,23,25,43H,10-17,20H2,(H,36,39). The van der Waals surface area contributed by atoms with Crippen molar-refractivity contribution in [2.75, 3.05) is 26.2 Å². The number of likely N-dealkylation sites (tertiary alicyclic amines) is 2. The van der Waals surface area contributed by atoms with Gasteiger partial charge >= 0.3 is 6.36 Å². The van der Waals surface area contributed by atoms with Crippen molar-refractivity contribution in [2.45, 2.75) is 55.6 Å². The van der Waals surface area contributed by atoms with Crippen LogP contribution in [0.4, 0.5) is 13.2 Å². The lowest BCUT2D eigenvalue weighted by Crippen LogP contribution is -2.44. The average molecular weight is 615 g/mol. The van der Waals surface area contributed by atoms with Crippen LogP contribution in [-0.4, -0.2) is 71.3 Å². The second-order valence-electron chi connectivity index (χ2n) is 10.8. The minimum absolute atomic E-state index is 0.0322. The van der Waals surface area contributed by atoms with Crippen LogP contribution in [0.2, 0.25) is 0 Å². The molecule has 1 aromatic heterocycles. The van der Waals surface area contributed by atoms with Gasteiger partial charge in [0.15, 0.2) is 0 Å².